The van der Waals surface area contributed by atoms with Gasteiger partial charge >= 0.3 is 5.97 Å². The molecule has 2 aromatic rings. The molecule has 2 heterocycles. The Bertz CT molecular complexity index is 900. The van der Waals surface area contributed by atoms with Gasteiger partial charge in [0.05, 0.1) is 11.5 Å². The maximum atomic E-state index is 12.6. The molecular weight excluding hydrogens is 340 g/mol. The van der Waals surface area contributed by atoms with Gasteiger partial charge in [0.2, 0.25) is 0 Å². The number of imide groups is 1. The topological polar surface area (TPSA) is 68.6 Å². The number of carbonyl (C=O) groups is 3. The van der Waals surface area contributed by atoms with Crippen LogP contribution in [0, 0.1) is 0 Å². The van der Waals surface area contributed by atoms with Gasteiger partial charge < -0.3 is 9.30 Å². The maximum Gasteiger partial charge on any atom is 0.329 e. The van der Waals surface area contributed by atoms with E-state index in [9.17, 15) is 14.4 Å². The normalized spacial score (nSPS) is 17.6. The molecule has 0 spiro atoms. The fourth-order valence-electron chi connectivity index (χ4n) is 2.81. The van der Waals surface area contributed by atoms with Crippen LogP contribution in [0.15, 0.2) is 35.4 Å². The van der Waals surface area contributed by atoms with Gasteiger partial charge in [0.25, 0.3) is 11.1 Å². The van der Waals surface area contributed by atoms with E-state index in [0.29, 0.717) is 4.91 Å². The molecule has 130 valence electrons. The zero-order valence-corrected chi connectivity index (χ0v) is 15.0. The average molecular weight is 358 g/mol. The Hall–Kier alpha value is -2.54. The van der Waals surface area contributed by atoms with Crippen LogP contribution in [0.25, 0.3) is 17.0 Å². The summed E-state index contributed by atoms with van der Waals surface area (Å²) in [5.74, 6) is -1.06. The van der Waals surface area contributed by atoms with Gasteiger partial charge in [0.1, 0.15) is 6.04 Å². The molecule has 1 aromatic heterocycles. The minimum atomic E-state index is -0.939. The van der Waals surface area contributed by atoms with Crippen LogP contribution in [0.2, 0.25) is 0 Å². The van der Waals surface area contributed by atoms with E-state index < -0.39 is 23.2 Å². The van der Waals surface area contributed by atoms with E-state index in [4.69, 9.17) is 4.74 Å². The van der Waals surface area contributed by atoms with Gasteiger partial charge in [-0.25, -0.2) is 4.79 Å². The van der Waals surface area contributed by atoms with Crippen molar-refractivity contribution < 1.29 is 19.1 Å². The molecule has 1 fully saturated rings. The number of ether oxygens (including phenoxy) is 1. The summed E-state index contributed by atoms with van der Waals surface area (Å²) in [6, 6.07) is 6.88. The quantitative estimate of drug-likeness (QED) is 0.620. The minimum absolute atomic E-state index is 0.200. The number of para-hydroxylation sites is 1. The van der Waals surface area contributed by atoms with Crippen molar-refractivity contribution in [3.05, 3.63) is 40.9 Å². The fraction of sp³-hybridized carbons (Fsp3) is 0.278. The van der Waals surface area contributed by atoms with E-state index in [1.807, 2.05) is 42.1 Å². The van der Waals surface area contributed by atoms with Crippen LogP contribution in [-0.4, -0.2) is 39.2 Å². The standard InChI is InChI=1S/C18H18N2O4S/c1-4-24-17(22)11(2)20-16(21)15(25-18(20)23)9-12-10-19(3)14-8-6-5-7-13(12)14/h5-11H,4H2,1-3H3/b15-9+/t11-/m1/s1. The number of hydrogen-bond acceptors (Lipinski definition) is 5. The van der Waals surface area contributed by atoms with Gasteiger partial charge in [-0.1, -0.05) is 18.2 Å². The Morgan fingerprint density at radius 1 is 1.32 bits per heavy atom. The maximum absolute atomic E-state index is 12.6. The molecule has 25 heavy (non-hydrogen) atoms. The summed E-state index contributed by atoms with van der Waals surface area (Å²) in [6.07, 6.45) is 3.61. The lowest BCUT2D eigenvalue weighted by molar-refractivity contribution is -0.150. The number of nitrogens with zero attached hydrogens (tertiary/aromatic N) is 2. The van der Waals surface area contributed by atoms with Crippen LogP contribution in [0.1, 0.15) is 19.4 Å². The van der Waals surface area contributed by atoms with Crippen molar-refractivity contribution in [3.8, 4) is 0 Å². The third-order valence-corrected chi connectivity index (χ3v) is 4.94. The van der Waals surface area contributed by atoms with Crippen LogP contribution in [-0.2, 0) is 21.4 Å². The highest BCUT2D eigenvalue weighted by Crippen LogP contribution is 2.35. The number of fused-ring (bicyclic) bond motifs is 1. The first kappa shape index (κ1) is 17.3. The molecule has 0 aliphatic carbocycles. The van der Waals surface area contributed by atoms with Crippen LogP contribution < -0.4 is 0 Å². The number of amides is 2. The van der Waals surface area contributed by atoms with Crippen molar-refractivity contribution in [1.82, 2.24) is 9.47 Å². The Morgan fingerprint density at radius 3 is 2.76 bits per heavy atom. The number of benzene rings is 1. The summed E-state index contributed by atoms with van der Waals surface area (Å²) in [5.41, 5.74) is 1.89. The molecule has 2 amide bonds. The molecule has 3 rings (SSSR count). The molecule has 1 aliphatic rings. The largest absolute Gasteiger partial charge is 0.464 e. The Morgan fingerprint density at radius 2 is 2.04 bits per heavy atom. The van der Waals surface area contributed by atoms with Crippen molar-refractivity contribution in [1.29, 1.82) is 0 Å². The van der Waals surface area contributed by atoms with E-state index in [0.717, 1.165) is 33.1 Å². The summed E-state index contributed by atoms with van der Waals surface area (Å²) in [6.45, 7) is 3.37. The summed E-state index contributed by atoms with van der Waals surface area (Å²) < 4.78 is 6.88. The van der Waals surface area contributed by atoms with Gasteiger partial charge in [0.15, 0.2) is 0 Å². The van der Waals surface area contributed by atoms with Crippen LogP contribution in [0.4, 0.5) is 4.79 Å². The van der Waals surface area contributed by atoms with Gasteiger partial charge in [0, 0.05) is 29.7 Å². The molecule has 1 aliphatic heterocycles. The summed E-state index contributed by atoms with van der Waals surface area (Å²) in [4.78, 5) is 38.0. The van der Waals surface area contributed by atoms with Gasteiger partial charge in [-0.15, -0.1) is 0 Å². The molecule has 6 nitrogen and oxygen atoms in total. The van der Waals surface area contributed by atoms with Crippen molar-refractivity contribution in [3.63, 3.8) is 0 Å². The lowest BCUT2D eigenvalue weighted by atomic mass is 10.1. The summed E-state index contributed by atoms with van der Waals surface area (Å²) >= 11 is 0.840. The zero-order valence-electron chi connectivity index (χ0n) is 14.2. The summed E-state index contributed by atoms with van der Waals surface area (Å²) in [7, 11) is 1.92. The van der Waals surface area contributed by atoms with Crippen molar-refractivity contribution in [2.75, 3.05) is 6.61 Å². The number of rotatable bonds is 4. The van der Waals surface area contributed by atoms with E-state index in [1.165, 1.54) is 6.92 Å². The highest BCUT2D eigenvalue weighted by atomic mass is 32.2. The van der Waals surface area contributed by atoms with E-state index >= 15 is 0 Å². The minimum Gasteiger partial charge on any atom is -0.464 e. The van der Waals surface area contributed by atoms with E-state index in [-0.39, 0.29) is 6.61 Å². The fourth-order valence-corrected chi connectivity index (χ4v) is 3.71. The van der Waals surface area contributed by atoms with Crippen molar-refractivity contribution in [2.24, 2.45) is 7.05 Å². The third kappa shape index (κ3) is 3.07. The lowest BCUT2D eigenvalue weighted by Gasteiger charge is -2.19. The third-order valence-electron chi connectivity index (χ3n) is 4.05. The molecule has 1 aromatic carbocycles. The van der Waals surface area contributed by atoms with Crippen molar-refractivity contribution >= 4 is 45.9 Å². The Labute approximate surface area is 149 Å². The van der Waals surface area contributed by atoms with Crippen molar-refractivity contribution in [2.45, 2.75) is 19.9 Å². The number of carbonyl (C=O) groups excluding carboxylic acids is 3. The number of thioether (sulfide) groups is 1. The highest BCUT2D eigenvalue weighted by molar-refractivity contribution is 8.18. The molecule has 0 unspecified atom stereocenters. The predicted octanol–water partition coefficient (Wildman–Crippen LogP) is 3.17. The Kier molecular flexibility index (Phi) is 4.67. The molecule has 0 radical (unpaired) electrons. The lowest BCUT2D eigenvalue weighted by Crippen LogP contribution is -2.42. The van der Waals surface area contributed by atoms with Crippen LogP contribution >= 0.6 is 11.8 Å². The molecule has 1 saturated heterocycles. The smallest absolute Gasteiger partial charge is 0.329 e. The highest BCUT2D eigenvalue weighted by Gasteiger charge is 2.41. The second-order valence-corrected chi connectivity index (χ2v) is 6.69. The number of aryl methyl sites for hydroxylation is 1. The van der Waals surface area contributed by atoms with E-state index in [2.05, 4.69) is 0 Å². The predicted molar refractivity (Wildman–Crippen MR) is 96.8 cm³/mol. The molecule has 7 heteroatoms. The van der Waals surface area contributed by atoms with Crippen LogP contribution in [0.5, 0.6) is 0 Å². The zero-order chi connectivity index (χ0) is 18.1. The summed E-state index contributed by atoms with van der Waals surface area (Å²) in [5, 5.41) is 0.535. The number of aromatic nitrogens is 1. The first-order chi connectivity index (χ1) is 11.9. The van der Waals surface area contributed by atoms with Crippen LogP contribution in [0.3, 0.4) is 0 Å². The molecule has 0 bridgehead atoms. The van der Waals surface area contributed by atoms with Gasteiger partial charge in [-0.3, -0.25) is 14.5 Å². The first-order valence-electron chi connectivity index (χ1n) is 7.91. The first-order valence-corrected chi connectivity index (χ1v) is 8.73. The molecular formula is C18H18N2O4S. The van der Waals surface area contributed by atoms with Gasteiger partial charge in [-0.2, -0.15) is 0 Å². The Balaban J connectivity index is 1.93. The number of esters is 1. The van der Waals surface area contributed by atoms with E-state index in [1.54, 1.807) is 13.0 Å². The monoisotopic (exact) mass is 358 g/mol. The second-order valence-electron chi connectivity index (χ2n) is 5.69. The molecule has 0 N–H and O–H groups in total. The SMILES string of the molecule is CCOC(=O)[C@@H](C)N1C(=O)S/C(=C/c2cn(C)c3ccccc23)C1=O. The average Bonchev–Trinajstić information content (AvgIpc) is 3.05. The molecule has 0 saturated carbocycles. The number of hydrogen-bond donors (Lipinski definition) is 0. The van der Waals surface area contributed by atoms with Gasteiger partial charge in [-0.05, 0) is 37.8 Å². The second kappa shape index (κ2) is 6.76. The molecule has 1 atom stereocenters.